The molecule has 22 nitrogen and oxygen atoms in total. The lowest BCUT2D eigenvalue weighted by Crippen LogP contribution is -2.58. The van der Waals surface area contributed by atoms with Crippen LogP contribution in [-0.4, -0.2) is 177 Å². The first kappa shape index (κ1) is 63.5. The van der Waals surface area contributed by atoms with Crippen LogP contribution in [-0.2, 0) is 63.7 Å². The highest BCUT2D eigenvalue weighted by Crippen LogP contribution is 2.40. The van der Waals surface area contributed by atoms with Gasteiger partial charge in [0, 0.05) is 47.1 Å². The molecule has 0 aliphatic carbocycles. The van der Waals surface area contributed by atoms with Gasteiger partial charge >= 0.3 is 5.97 Å². The van der Waals surface area contributed by atoms with Gasteiger partial charge in [0.05, 0.1) is 101 Å². The maximum Gasteiger partial charge on any atom is 0.332 e. The molecule has 0 saturated carbocycles. The number of nitrogens with two attached hydrogens (primary N) is 1. The van der Waals surface area contributed by atoms with Crippen LogP contribution in [0.15, 0.2) is 59.0 Å². The molecule has 5 N–H and O–H groups in total. The van der Waals surface area contributed by atoms with E-state index in [2.05, 4.69) is 45.0 Å². The number of carbonyl (C=O) groups is 5. The molecule has 82 heavy (non-hydrogen) atoms. The van der Waals surface area contributed by atoms with Gasteiger partial charge in [0.1, 0.15) is 48.3 Å². The van der Waals surface area contributed by atoms with Gasteiger partial charge in [0.25, 0.3) is 0 Å². The Hall–Kier alpha value is -6.06. The summed E-state index contributed by atoms with van der Waals surface area (Å²) in [5.74, 6) is -1.09. The largest absolute Gasteiger partial charge is 0.459 e. The van der Waals surface area contributed by atoms with E-state index in [-0.39, 0.29) is 97.8 Å². The third kappa shape index (κ3) is 17.7. The number of fused-ring (bicyclic) bond motifs is 3. The topological polar surface area (TPSA) is 271 Å². The van der Waals surface area contributed by atoms with E-state index in [4.69, 9.17) is 55.5 Å². The molecule has 4 amide bonds. The molecule has 1 fully saturated rings. The number of nitrogens with zero attached hydrogens (tertiary/aromatic N) is 6. The SMILES string of the molecule is Cc1ncsc1-c1ccc(CNC(=O)[C@@H]2C[C@@H](OC(=O)COCCOCCOCCN)CN2C(=O)[C@@H](NC(=O)COCCOCCOCCNC(=O)C[C@@H]2N=C(c3ccc(Cl)cc3)c3c(sc(C)c3C)-n3c(C)nnc32)C(C)(C)C)cc1. The lowest BCUT2D eigenvalue weighted by Gasteiger charge is -2.35. The fraction of sp³-hybridized carbons (Fsp3) is 0.526. The number of carbonyl (C=O) groups excluding carboxylic acids is 5. The summed E-state index contributed by atoms with van der Waals surface area (Å²) in [6.07, 6.45) is -0.753. The van der Waals surface area contributed by atoms with E-state index in [1.165, 1.54) is 4.90 Å². The predicted molar refractivity (Wildman–Crippen MR) is 310 cm³/mol. The number of hydrogen-bond acceptors (Lipinski definition) is 19. The molecule has 7 rings (SSSR count). The average Bonchev–Trinajstić information content (AvgIpc) is 2.68. The van der Waals surface area contributed by atoms with Crippen molar-refractivity contribution in [2.24, 2.45) is 16.1 Å². The minimum Gasteiger partial charge on any atom is -0.459 e. The van der Waals surface area contributed by atoms with Gasteiger partial charge in [-0.3, -0.25) is 28.7 Å². The quantitative estimate of drug-likeness (QED) is 0.0330. The number of likely N-dealkylation sites (tertiary alicyclic amines) is 1. The first-order valence-corrected chi connectivity index (χ1v) is 29.4. The second-order valence-corrected chi connectivity index (χ2v) is 23.2. The summed E-state index contributed by atoms with van der Waals surface area (Å²) < 4.78 is 40.9. The summed E-state index contributed by atoms with van der Waals surface area (Å²) in [4.78, 5) is 81.2. The molecule has 0 radical (unpaired) electrons. The van der Waals surface area contributed by atoms with Crippen molar-refractivity contribution in [3.05, 3.63) is 104 Å². The third-order valence-electron chi connectivity index (χ3n) is 13.5. The van der Waals surface area contributed by atoms with Gasteiger partial charge in [-0.2, -0.15) is 0 Å². The molecular formula is C57H75ClN10O12S2. The normalized spacial score (nSPS) is 16.2. The lowest BCUT2D eigenvalue weighted by molar-refractivity contribution is -0.155. The molecule has 0 bridgehead atoms. The molecule has 2 aliphatic rings. The summed E-state index contributed by atoms with van der Waals surface area (Å²) in [5, 5.41) is 19.1. The summed E-state index contributed by atoms with van der Waals surface area (Å²) in [7, 11) is 0. The Morgan fingerprint density at radius 3 is 2.06 bits per heavy atom. The van der Waals surface area contributed by atoms with Crippen molar-refractivity contribution in [2.75, 3.05) is 98.9 Å². The van der Waals surface area contributed by atoms with Crippen LogP contribution in [0, 0.1) is 33.1 Å². The molecule has 444 valence electrons. The summed E-state index contributed by atoms with van der Waals surface area (Å²) >= 11 is 9.44. The maximum atomic E-state index is 14.5. The third-order valence-corrected chi connectivity index (χ3v) is 15.9. The smallest absolute Gasteiger partial charge is 0.332 e. The summed E-state index contributed by atoms with van der Waals surface area (Å²) in [6, 6.07) is 12.6. The monoisotopic (exact) mass is 1190 g/mol. The highest BCUT2D eigenvalue weighted by Gasteiger charge is 2.46. The van der Waals surface area contributed by atoms with E-state index in [0.29, 0.717) is 43.0 Å². The van der Waals surface area contributed by atoms with Crippen molar-refractivity contribution < 1.29 is 57.1 Å². The van der Waals surface area contributed by atoms with Gasteiger partial charge < -0.3 is 59.7 Å². The molecule has 4 atom stereocenters. The molecule has 5 aromatic rings. The van der Waals surface area contributed by atoms with Crippen LogP contribution in [0.25, 0.3) is 15.4 Å². The van der Waals surface area contributed by atoms with E-state index in [9.17, 15) is 24.0 Å². The zero-order valence-corrected chi connectivity index (χ0v) is 50.0. The number of hydrogen-bond donors (Lipinski definition) is 4. The van der Waals surface area contributed by atoms with Gasteiger partial charge in [-0.1, -0.05) is 68.8 Å². The van der Waals surface area contributed by atoms with E-state index >= 15 is 0 Å². The number of ether oxygens (including phenoxy) is 7. The molecule has 25 heteroatoms. The number of benzene rings is 2. The fourth-order valence-electron chi connectivity index (χ4n) is 9.20. The second kappa shape index (κ2) is 31.0. The van der Waals surface area contributed by atoms with Crippen molar-refractivity contribution in [1.82, 2.24) is 40.6 Å². The zero-order chi connectivity index (χ0) is 58.8. The Balaban J connectivity index is 0.835. The Kier molecular flexibility index (Phi) is 24.0. The molecular weight excluding hydrogens is 1120 g/mol. The highest BCUT2D eigenvalue weighted by atomic mass is 35.5. The molecule has 0 unspecified atom stereocenters. The van der Waals surface area contributed by atoms with Crippen molar-refractivity contribution in [2.45, 2.75) is 92.1 Å². The predicted octanol–water partition coefficient (Wildman–Crippen LogP) is 5.16. The number of halogens is 1. The van der Waals surface area contributed by atoms with Crippen LogP contribution in [0.4, 0.5) is 0 Å². The van der Waals surface area contributed by atoms with E-state index < -0.39 is 53.3 Å². The number of thiazole rings is 1. The van der Waals surface area contributed by atoms with Crippen LogP contribution in [0.2, 0.25) is 5.02 Å². The number of thiophene rings is 1. The Morgan fingerprint density at radius 2 is 1.41 bits per heavy atom. The van der Waals surface area contributed by atoms with Gasteiger partial charge in [0.15, 0.2) is 5.82 Å². The lowest BCUT2D eigenvalue weighted by atomic mass is 9.85. The average molecular weight is 1190 g/mol. The molecule has 2 aromatic carbocycles. The number of rotatable bonds is 31. The Labute approximate surface area is 491 Å². The van der Waals surface area contributed by atoms with Crippen LogP contribution in [0.1, 0.15) is 84.1 Å². The van der Waals surface area contributed by atoms with Gasteiger partial charge in [-0.25, -0.2) is 9.78 Å². The van der Waals surface area contributed by atoms with Crippen molar-refractivity contribution in [3.63, 3.8) is 0 Å². The first-order valence-electron chi connectivity index (χ1n) is 27.3. The molecule has 5 heterocycles. The number of esters is 1. The van der Waals surface area contributed by atoms with E-state index in [1.54, 1.807) is 49.0 Å². The summed E-state index contributed by atoms with van der Waals surface area (Å²) in [6.45, 7) is 16.0. The molecule has 2 aliphatic heterocycles. The first-order chi connectivity index (χ1) is 39.4. The van der Waals surface area contributed by atoms with Crippen LogP contribution >= 0.6 is 34.3 Å². The van der Waals surface area contributed by atoms with Crippen molar-refractivity contribution >= 4 is 69.6 Å². The van der Waals surface area contributed by atoms with Crippen LogP contribution in [0.3, 0.4) is 0 Å². The minimum atomic E-state index is -1.08. The molecule has 3 aromatic heterocycles. The number of nitrogens with one attached hydrogen (secondary N) is 3. The minimum absolute atomic E-state index is 0.0291. The van der Waals surface area contributed by atoms with E-state index in [1.807, 2.05) is 66.9 Å². The van der Waals surface area contributed by atoms with Crippen LogP contribution < -0.4 is 21.7 Å². The number of aliphatic imine (C=N–C) groups is 1. The van der Waals surface area contributed by atoms with E-state index in [0.717, 1.165) is 54.0 Å². The summed E-state index contributed by atoms with van der Waals surface area (Å²) in [5.41, 5.74) is 12.9. The van der Waals surface area contributed by atoms with Gasteiger partial charge in [0.2, 0.25) is 23.6 Å². The van der Waals surface area contributed by atoms with Crippen molar-refractivity contribution in [3.8, 4) is 15.4 Å². The number of amides is 4. The second-order valence-electron chi connectivity index (χ2n) is 20.7. The van der Waals surface area contributed by atoms with Gasteiger partial charge in [-0.15, -0.1) is 32.9 Å². The standard InChI is InChI=1S/C57H75ClN10O12S2/c1-35-37(3)82-56-49(35)50(40-12-14-42(58)15-13-40)63-44(53-66-65-38(4)68(53)56)29-46(69)60-17-19-75-21-23-77-24-26-78-32-47(70)64-52(57(5,6)7)55(73)67-31-43(80-48(71)33-79-27-25-76-22-20-74-18-16-59)28-45(67)54(72)61-30-39-8-10-41(11-9-39)51-36(2)62-34-81-51/h8-15,34,43-45,52H,16-33,59H2,1-7H3,(H,60,69)(H,61,72)(H,64,70)/t43-,44+,45+,52-/m1/s1. The van der Waals surface area contributed by atoms with Crippen molar-refractivity contribution in [1.29, 1.82) is 0 Å². The van der Waals surface area contributed by atoms with Gasteiger partial charge in [-0.05, 0) is 61.9 Å². The zero-order valence-electron chi connectivity index (χ0n) is 47.6. The highest BCUT2D eigenvalue weighted by molar-refractivity contribution is 7.15. The molecule has 0 spiro atoms. The maximum absolute atomic E-state index is 14.5. The molecule has 1 saturated heterocycles. The Morgan fingerprint density at radius 1 is 0.780 bits per heavy atom. The van der Waals surface area contributed by atoms with Crippen LogP contribution in [0.5, 0.6) is 0 Å². The number of aryl methyl sites for hydroxylation is 3. The number of aromatic nitrogens is 4. The Bertz CT molecular complexity index is 2960. The fourth-order valence-corrected chi connectivity index (χ4v) is 11.3.